The predicted octanol–water partition coefficient (Wildman–Crippen LogP) is 9.95. The van der Waals surface area contributed by atoms with Crippen LogP contribution in [0.15, 0.2) is 36.4 Å². The summed E-state index contributed by atoms with van der Waals surface area (Å²) in [5, 5.41) is 3.03. The third-order valence-electron chi connectivity index (χ3n) is 12.8. The van der Waals surface area contributed by atoms with E-state index >= 15 is 0 Å². The van der Waals surface area contributed by atoms with E-state index in [1.807, 2.05) is 28.0 Å². The molecule has 3 amide bonds. The van der Waals surface area contributed by atoms with Crippen molar-refractivity contribution < 1.29 is 27.5 Å². The number of anilines is 3. The van der Waals surface area contributed by atoms with Gasteiger partial charge in [-0.05, 0) is 98.4 Å². The number of carbonyl (C=O) groups excluding carboxylic acids is 2. The number of nitrogen functional groups attached to an aromatic ring is 2. The Labute approximate surface area is 319 Å². The molecule has 2 aliphatic carbocycles. The molecule has 0 bridgehead atoms. The van der Waals surface area contributed by atoms with Crippen molar-refractivity contribution in [1.82, 2.24) is 9.80 Å². The Morgan fingerprint density at radius 1 is 0.833 bits per heavy atom. The van der Waals surface area contributed by atoms with Gasteiger partial charge in [-0.2, -0.15) is 13.2 Å². The van der Waals surface area contributed by atoms with Gasteiger partial charge in [0.05, 0.1) is 16.9 Å². The lowest BCUT2D eigenvalue weighted by Crippen LogP contribution is -2.46. The SMILES string of the molecule is Nc1cc(C[C@@H](OCCCC2CCC(N3Cc4ccccc4NC3=O)CC2)C(=O)N2CCC(CCCCC3CCCCCC3)CC2)cc(C(F)(F)F)c1N. The molecule has 5 N–H and O–H groups in total. The number of amides is 3. The van der Waals surface area contributed by atoms with Crippen LogP contribution in [0.4, 0.5) is 35.0 Å². The van der Waals surface area contributed by atoms with E-state index in [4.69, 9.17) is 16.2 Å². The van der Waals surface area contributed by atoms with Crippen molar-refractivity contribution in [2.75, 3.05) is 36.5 Å². The molecule has 0 spiro atoms. The molecule has 0 radical (unpaired) electrons. The highest BCUT2D eigenvalue weighted by molar-refractivity contribution is 5.92. The van der Waals surface area contributed by atoms with E-state index in [2.05, 4.69) is 11.4 Å². The van der Waals surface area contributed by atoms with Crippen LogP contribution < -0.4 is 16.8 Å². The fourth-order valence-electron chi connectivity index (χ4n) is 9.55. The summed E-state index contributed by atoms with van der Waals surface area (Å²) < 4.78 is 47.7. The van der Waals surface area contributed by atoms with Gasteiger partial charge in [0.1, 0.15) is 6.10 Å². The monoisotopic (exact) mass is 753 g/mol. The molecule has 2 heterocycles. The third-order valence-corrected chi connectivity index (χ3v) is 12.8. The van der Waals surface area contributed by atoms with Crippen LogP contribution in [0.1, 0.15) is 132 Å². The molecule has 1 atom stereocenters. The number of likely N-dealkylation sites (tertiary alicyclic amines) is 1. The number of rotatable bonds is 14. The first kappa shape index (κ1) is 40.2. The van der Waals surface area contributed by atoms with Crippen LogP contribution in [0.3, 0.4) is 0 Å². The second-order valence-corrected chi connectivity index (χ2v) is 16.7. The summed E-state index contributed by atoms with van der Waals surface area (Å²) >= 11 is 0. The van der Waals surface area contributed by atoms with E-state index in [1.54, 1.807) is 0 Å². The molecule has 8 nitrogen and oxygen atoms in total. The van der Waals surface area contributed by atoms with Crippen LogP contribution in [0.2, 0.25) is 0 Å². The minimum Gasteiger partial charge on any atom is -0.397 e. The lowest BCUT2D eigenvalue weighted by atomic mass is 9.82. The summed E-state index contributed by atoms with van der Waals surface area (Å²) in [5.41, 5.74) is 12.3. The number of ether oxygens (including phenoxy) is 1. The number of halogens is 3. The largest absolute Gasteiger partial charge is 0.418 e. The van der Waals surface area contributed by atoms with Gasteiger partial charge in [-0.25, -0.2) is 4.79 Å². The zero-order valence-electron chi connectivity index (χ0n) is 32.0. The Bertz CT molecular complexity index is 1530. The van der Waals surface area contributed by atoms with Crippen LogP contribution >= 0.6 is 0 Å². The first-order valence-corrected chi connectivity index (χ1v) is 20.9. The molecular weight excluding hydrogens is 691 g/mol. The summed E-state index contributed by atoms with van der Waals surface area (Å²) in [4.78, 5) is 30.6. The number of benzene rings is 2. The molecule has 298 valence electrons. The molecule has 3 fully saturated rings. The summed E-state index contributed by atoms with van der Waals surface area (Å²) in [7, 11) is 0. The maximum atomic E-state index is 14.0. The second-order valence-electron chi connectivity index (χ2n) is 16.7. The number of piperidine rings is 1. The highest BCUT2D eigenvalue weighted by Gasteiger charge is 2.36. The highest BCUT2D eigenvalue weighted by atomic mass is 19.4. The number of unbranched alkanes of at least 4 members (excludes halogenated alkanes) is 1. The van der Waals surface area contributed by atoms with Gasteiger partial charge in [-0.1, -0.05) is 82.4 Å². The quantitative estimate of drug-likeness (QED) is 0.101. The van der Waals surface area contributed by atoms with Crippen molar-refractivity contribution in [3.05, 3.63) is 53.1 Å². The molecule has 2 aromatic carbocycles. The smallest absolute Gasteiger partial charge is 0.397 e. The van der Waals surface area contributed by atoms with Crippen molar-refractivity contribution in [2.24, 2.45) is 17.8 Å². The molecule has 1 saturated heterocycles. The molecule has 6 rings (SSSR count). The molecule has 2 saturated carbocycles. The molecule has 4 aliphatic rings. The maximum Gasteiger partial charge on any atom is 0.418 e. The standard InChI is InChI=1S/C43H62F3N5O3/c44-43(45,46)36-26-33(27-37(47)40(36)48)28-39(41(52)50-23-21-32(22-24-50)13-6-5-12-30-10-3-1-2-4-11-30)54-25-9-14-31-17-19-35(20-18-31)51-29-34-15-7-8-16-38(34)49-42(51)53/h7-8,15-16,26-27,30-32,35,39H,1-6,9-14,17-25,28-29,47-48H2,(H,49,53)/t31?,35?,39-/m1/s1. The number of carbonyl (C=O) groups is 2. The zero-order chi connectivity index (χ0) is 38.1. The molecular formula is C43H62F3N5O3. The first-order valence-electron chi connectivity index (χ1n) is 20.9. The van der Waals surface area contributed by atoms with Crippen LogP contribution in [0, 0.1) is 17.8 Å². The molecule has 2 aromatic rings. The van der Waals surface area contributed by atoms with Gasteiger partial charge in [0.15, 0.2) is 0 Å². The van der Waals surface area contributed by atoms with Gasteiger partial charge < -0.3 is 31.3 Å². The summed E-state index contributed by atoms with van der Waals surface area (Å²) in [6.07, 6.45) is 15.3. The van der Waals surface area contributed by atoms with E-state index in [9.17, 15) is 22.8 Å². The fourth-order valence-corrected chi connectivity index (χ4v) is 9.55. The Morgan fingerprint density at radius 2 is 1.46 bits per heavy atom. The van der Waals surface area contributed by atoms with Crippen LogP contribution in [0.25, 0.3) is 0 Å². The summed E-state index contributed by atoms with van der Waals surface area (Å²) in [6, 6.07) is 10.6. The van der Waals surface area contributed by atoms with Crippen LogP contribution in [-0.4, -0.2) is 53.6 Å². The zero-order valence-corrected chi connectivity index (χ0v) is 32.0. The average Bonchev–Trinajstić information content (AvgIpc) is 3.44. The topological polar surface area (TPSA) is 114 Å². The van der Waals surface area contributed by atoms with Gasteiger partial charge in [-0.3, -0.25) is 4.79 Å². The van der Waals surface area contributed by atoms with Crippen molar-refractivity contribution in [2.45, 2.75) is 147 Å². The van der Waals surface area contributed by atoms with E-state index in [0.29, 0.717) is 43.6 Å². The lowest BCUT2D eigenvalue weighted by Gasteiger charge is -2.39. The number of hydrogen-bond donors (Lipinski definition) is 3. The number of fused-ring (bicyclic) bond motifs is 1. The Kier molecular flexibility index (Phi) is 14.1. The van der Waals surface area contributed by atoms with Crippen LogP contribution in [0.5, 0.6) is 0 Å². The summed E-state index contributed by atoms with van der Waals surface area (Å²) in [5.74, 6) is 1.84. The summed E-state index contributed by atoms with van der Waals surface area (Å²) in [6.45, 7) is 2.26. The molecule has 0 aromatic heterocycles. The third kappa shape index (κ3) is 10.8. The predicted molar refractivity (Wildman–Crippen MR) is 209 cm³/mol. The number of nitrogens with one attached hydrogen (secondary N) is 1. The van der Waals surface area contributed by atoms with Gasteiger partial charge in [-0.15, -0.1) is 0 Å². The molecule has 0 unspecified atom stereocenters. The van der Waals surface area contributed by atoms with Gasteiger partial charge >= 0.3 is 12.2 Å². The maximum absolute atomic E-state index is 14.0. The van der Waals surface area contributed by atoms with Crippen molar-refractivity contribution in [3.8, 4) is 0 Å². The highest BCUT2D eigenvalue weighted by Crippen LogP contribution is 2.38. The number of nitrogens with two attached hydrogens (primary N) is 2. The van der Waals surface area contributed by atoms with E-state index in [-0.39, 0.29) is 30.1 Å². The Morgan fingerprint density at radius 3 is 2.15 bits per heavy atom. The molecule has 2 aliphatic heterocycles. The Balaban J connectivity index is 0.988. The van der Waals surface area contributed by atoms with E-state index in [0.717, 1.165) is 74.6 Å². The minimum atomic E-state index is -4.66. The Hall–Kier alpha value is -3.47. The van der Waals surface area contributed by atoms with E-state index < -0.39 is 23.5 Å². The van der Waals surface area contributed by atoms with Crippen molar-refractivity contribution in [1.29, 1.82) is 0 Å². The number of nitrogens with zero attached hydrogens (tertiary/aromatic N) is 2. The lowest BCUT2D eigenvalue weighted by molar-refractivity contribution is -0.145. The number of para-hydroxylation sites is 1. The number of alkyl halides is 3. The van der Waals surface area contributed by atoms with E-state index in [1.165, 1.54) is 70.3 Å². The van der Waals surface area contributed by atoms with Crippen molar-refractivity contribution >= 4 is 29.0 Å². The number of hydrogen-bond acceptors (Lipinski definition) is 5. The number of urea groups is 1. The fraction of sp³-hybridized carbons (Fsp3) is 0.674. The minimum absolute atomic E-state index is 0.000372. The van der Waals surface area contributed by atoms with Crippen LogP contribution in [-0.2, 0) is 28.7 Å². The molecule has 11 heteroatoms. The first-order chi connectivity index (χ1) is 26.0. The normalized spacial score (nSPS) is 22.4. The second kappa shape index (κ2) is 18.9. The molecule has 54 heavy (non-hydrogen) atoms. The van der Waals surface area contributed by atoms with Crippen molar-refractivity contribution in [3.63, 3.8) is 0 Å². The van der Waals surface area contributed by atoms with Gasteiger partial charge in [0.25, 0.3) is 5.91 Å². The average molecular weight is 754 g/mol. The van der Waals surface area contributed by atoms with Gasteiger partial charge in [0, 0.05) is 44.4 Å². The van der Waals surface area contributed by atoms with Gasteiger partial charge in [0.2, 0.25) is 0 Å².